The minimum atomic E-state index is -0.0957. The first kappa shape index (κ1) is 12.1. The average molecular weight is 259 g/mol. The molecule has 2 unspecified atom stereocenters. The first-order chi connectivity index (χ1) is 9.06. The van der Waals surface area contributed by atoms with Crippen molar-refractivity contribution in [2.75, 3.05) is 5.73 Å². The molecule has 0 radical (unpaired) electrons. The molecule has 3 rings (SSSR count). The summed E-state index contributed by atoms with van der Waals surface area (Å²) in [7, 11) is 0. The van der Waals surface area contributed by atoms with Gasteiger partial charge in [-0.2, -0.15) is 0 Å². The molecule has 2 aliphatic rings. The Balaban J connectivity index is 1.80. The molecule has 5 nitrogen and oxygen atoms in total. The van der Waals surface area contributed by atoms with Crippen molar-refractivity contribution in [2.24, 2.45) is 17.8 Å². The van der Waals surface area contributed by atoms with Crippen molar-refractivity contribution in [3.05, 3.63) is 23.9 Å². The average Bonchev–Trinajstić information content (AvgIpc) is 2.84. The van der Waals surface area contributed by atoms with Gasteiger partial charge in [-0.25, -0.2) is 4.98 Å². The van der Waals surface area contributed by atoms with Gasteiger partial charge in [-0.05, 0) is 36.5 Å². The zero-order chi connectivity index (χ0) is 13.6. The molecule has 1 aromatic rings. The molecule has 1 saturated carbocycles. The topological polar surface area (TPSA) is 76.3 Å². The Bertz CT molecular complexity index is 519. The maximum absolute atomic E-state index is 12.3. The lowest BCUT2D eigenvalue weighted by Crippen LogP contribution is -2.31. The number of aromatic nitrogens is 1. The largest absolute Gasteiger partial charge is 0.384 e. The Morgan fingerprint density at radius 1 is 1.32 bits per heavy atom. The predicted molar refractivity (Wildman–Crippen MR) is 69.6 cm³/mol. The van der Waals surface area contributed by atoms with Gasteiger partial charge in [-0.15, -0.1) is 0 Å². The molecular formula is C14H17N3O2. The van der Waals surface area contributed by atoms with Crippen molar-refractivity contribution < 1.29 is 9.59 Å². The SMILES string of the molecule is CC1CC2C(=O)N(Cc3ccnc(N)c3)C(=O)C2C1. The standard InChI is InChI=1S/C14H17N3O2/c1-8-4-10-11(5-8)14(19)17(13(10)18)7-9-2-3-16-12(15)6-9/h2-3,6,8,10-11H,4-5,7H2,1H3,(H2,15,16). The molecule has 19 heavy (non-hydrogen) atoms. The summed E-state index contributed by atoms with van der Waals surface area (Å²) >= 11 is 0. The number of pyridine rings is 1. The Kier molecular flexibility index (Phi) is 2.77. The van der Waals surface area contributed by atoms with E-state index < -0.39 is 0 Å². The third-order valence-corrected chi connectivity index (χ3v) is 4.15. The summed E-state index contributed by atoms with van der Waals surface area (Å²) in [6.07, 6.45) is 3.27. The molecule has 0 bridgehead atoms. The van der Waals surface area contributed by atoms with Gasteiger partial charge in [0, 0.05) is 6.20 Å². The number of fused-ring (bicyclic) bond motifs is 1. The second-order valence-corrected chi connectivity index (χ2v) is 5.64. The number of nitrogens with zero attached hydrogens (tertiary/aromatic N) is 2. The zero-order valence-corrected chi connectivity index (χ0v) is 10.9. The van der Waals surface area contributed by atoms with Gasteiger partial charge >= 0.3 is 0 Å². The highest BCUT2D eigenvalue weighted by Gasteiger charge is 2.51. The van der Waals surface area contributed by atoms with Crippen LogP contribution in [0.2, 0.25) is 0 Å². The number of nitrogen functional groups attached to an aromatic ring is 1. The molecule has 2 fully saturated rings. The van der Waals surface area contributed by atoms with Gasteiger partial charge in [0.1, 0.15) is 5.82 Å². The molecule has 2 atom stereocenters. The number of hydrogen-bond acceptors (Lipinski definition) is 4. The predicted octanol–water partition coefficient (Wildman–Crippen LogP) is 1.19. The fraction of sp³-hybridized carbons (Fsp3) is 0.500. The summed E-state index contributed by atoms with van der Waals surface area (Å²) in [4.78, 5) is 29.9. The van der Waals surface area contributed by atoms with Gasteiger partial charge in [0.25, 0.3) is 0 Å². The minimum Gasteiger partial charge on any atom is -0.384 e. The molecule has 1 saturated heterocycles. The van der Waals surface area contributed by atoms with Gasteiger partial charge in [0.15, 0.2) is 0 Å². The van der Waals surface area contributed by atoms with E-state index in [9.17, 15) is 9.59 Å². The number of carbonyl (C=O) groups excluding carboxylic acids is 2. The van der Waals surface area contributed by atoms with Crippen LogP contribution in [-0.4, -0.2) is 21.7 Å². The van der Waals surface area contributed by atoms with E-state index in [1.54, 1.807) is 18.3 Å². The van der Waals surface area contributed by atoms with Crippen molar-refractivity contribution in [1.82, 2.24) is 9.88 Å². The van der Waals surface area contributed by atoms with Gasteiger partial charge < -0.3 is 5.73 Å². The monoisotopic (exact) mass is 259 g/mol. The summed E-state index contributed by atoms with van der Waals surface area (Å²) in [5.41, 5.74) is 6.46. The first-order valence-corrected chi connectivity index (χ1v) is 6.62. The summed E-state index contributed by atoms with van der Waals surface area (Å²) in [6.45, 7) is 2.42. The number of carbonyl (C=O) groups is 2. The molecule has 2 N–H and O–H groups in total. The summed E-state index contributed by atoms with van der Waals surface area (Å²) in [5.74, 6) is 0.653. The lowest BCUT2D eigenvalue weighted by atomic mass is 10.00. The highest BCUT2D eigenvalue weighted by Crippen LogP contribution is 2.43. The second-order valence-electron chi connectivity index (χ2n) is 5.64. The Hall–Kier alpha value is -1.91. The fourth-order valence-electron chi connectivity index (χ4n) is 3.28. The Labute approximate surface area is 111 Å². The van der Waals surface area contributed by atoms with Crippen molar-refractivity contribution in [2.45, 2.75) is 26.3 Å². The van der Waals surface area contributed by atoms with Crippen molar-refractivity contribution in [1.29, 1.82) is 0 Å². The van der Waals surface area contributed by atoms with Crippen LogP contribution in [-0.2, 0) is 16.1 Å². The van der Waals surface area contributed by atoms with Crippen molar-refractivity contribution >= 4 is 17.6 Å². The van der Waals surface area contributed by atoms with Crippen LogP contribution in [0.15, 0.2) is 18.3 Å². The quantitative estimate of drug-likeness (QED) is 0.809. The van der Waals surface area contributed by atoms with Gasteiger partial charge in [-0.3, -0.25) is 14.5 Å². The second kappa shape index (κ2) is 4.33. The van der Waals surface area contributed by atoms with Gasteiger partial charge in [0.05, 0.1) is 18.4 Å². The van der Waals surface area contributed by atoms with Crippen LogP contribution in [0.25, 0.3) is 0 Å². The van der Waals surface area contributed by atoms with E-state index in [1.807, 2.05) is 0 Å². The molecule has 0 spiro atoms. The van der Waals surface area contributed by atoms with E-state index in [2.05, 4.69) is 11.9 Å². The molecule has 2 amide bonds. The number of amides is 2. The highest BCUT2D eigenvalue weighted by molar-refractivity contribution is 6.05. The molecule has 1 aromatic heterocycles. The van der Waals surface area contributed by atoms with Crippen LogP contribution in [0.4, 0.5) is 5.82 Å². The maximum Gasteiger partial charge on any atom is 0.233 e. The Morgan fingerprint density at radius 3 is 2.53 bits per heavy atom. The summed E-state index contributed by atoms with van der Waals surface area (Å²) < 4.78 is 0. The van der Waals surface area contributed by atoms with Gasteiger partial charge in [-0.1, -0.05) is 6.92 Å². The maximum atomic E-state index is 12.3. The minimum absolute atomic E-state index is 0.0188. The molecule has 0 aromatic carbocycles. The summed E-state index contributed by atoms with van der Waals surface area (Å²) in [6, 6.07) is 3.49. The molecule has 100 valence electrons. The van der Waals surface area contributed by atoms with E-state index in [0.717, 1.165) is 18.4 Å². The zero-order valence-electron chi connectivity index (χ0n) is 10.9. The fourth-order valence-corrected chi connectivity index (χ4v) is 3.28. The number of likely N-dealkylation sites (tertiary alicyclic amines) is 1. The van der Waals surface area contributed by atoms with E-state index in [4.69, 9.17) is 5.73 Å². The summed E-state index contributed by atoms with van der Waals surface area (Å²) in [5, 5.41) is 0. The number of hydrogen-bond donors (Lipinski definition) is 1. The van der Waals surface area contributed by atoms with Crippen molar-refractivity contribution in [3.8, 4) is 0 Å². The molecule has 2 heterocycles. The lowest BCUT2D eigenvalue weighted by Gasteiger charge is -2.16. The smallest absolute Gasteiger partial charge is 0.233 e. The molecular weight excluding hydrogens is 242 g/mol. The molecule has 1 aliphatic carbocycles. The molecule has 5 heteroatoms. The van der Waals surface area contributed by atoms with Crippen LogP contribution >= 0.6 is 0 Å². The van der Waals surface area contributed by atoms with Gasteiger partial charge in [0.2, 0.25) is 11.8 Å². The number of rotatable bonds is 2. The lowest BCUT2D eigenvalue weighted by molar-refractivity contribution is -0.141. The third kappa shape index (κ3) is 1.99. The van der Waals surface area contributed by atoms with E-state index in [0.29, 0.717) is 18.3 Å². The normalized spacial score (nSPS) is 29.9. The highest BCUT2D eigenvalue weighted by atomic mass is 16.2. The van der Waals surface area contributed by atoms with Crippen LogP contribution < -0.4 is 5.73 Å². The van der Waals surface area contributed by atoms with Crippen LogP contribution in [0.5, 0.6) is 0 Å². The first-order valence-electron chi connectivity index (χ1n) is 6.62. The van der Waals surface area contributed by atoms with Crippen LogP contribution in [0, 0.1) is 17.8 Å². The van der Waals surface area contributed by atoms with E-state index in [-0.39, 0.29) is 23.7 Å². The Morgan fingerprint density at radius 2 is 1.95 bits per heavy atom. The van der Waals surface area contributed by atoms with E-state index in [1.165, 1.54) is 4.90 Å². The van der Waals surface area contributed by atoms with Crippen LogP contribution in [0.1, 0.15) is 25.3 Å². The number of nitrogens with two attached hydrogens (primary N) is 1. The number of imide groups is 1. The van der Waals surface area contributed by atoms with E-state index >= 15 is 0 Å². The van der Waals surface area contributed by atoms with Crippen LogP contribution in [0.3, 0.4) is 0 Å². The van der Waals surface area contributed by atoms with Crippen molar-refractivity contribution in [3.63, 3.8) is 0 Å². The third-order valence-electron chi connectivity index (χ3n) is 4.15. The number of anilines is 1. The molecule has 1 aliphatic heterocycles.